The molecule has 0 saturated carbocycles. The van der Waals surface area contributed by atoms with Gasteiger partial charge in [0, 0.05) is 18.9 Å². The van der Waals surface area contributed by atoms with Gasteiger partial charge in [0.1, 0.15) is 17.5 Å². The molecule has 3 amide bonds. The summed E-state index contributed by atoms with van der Waals surface area (Å²) in [6, 6.07) is 3.04. The molecule has 10 heteroatoms. The fourth-order valence-electron chi connectivity index (χ4n) is 3.62. The van der Waals surface area contributed by atoms with Crippen molar-refractivity contribution in [3.05, 3.63) is 41.5 Å². The molecule has 3 atom stereocenters. The molecule has 2 aromatic rings. The van der Waals surface area contributed by atoms with Gasteiger partial charge in [-0.2, -0.15) is 0 Å². The number of carbonyl (C=O) groups excluding carboxylic acids is 2. The van der Waals surface area contributed by atoms with E-state index in [1.165, 1.54) is 0 Å². The molecule has 3 rings (SSSR count). The second kappa shape index (κ2) is 10.9. The predicted octanol–water partition coefficient (Wildman–Crippen LogP) is 1.47. The molecule has 0 spiro atoms. The van der Waals surface area contributed by atoms with E-state index in [0.29, 0.717) is 36.5 Å². The van der Waals surface area contributed by atoms with E-state index in [-0.39, 0.29) is 37.1 Å². The van der Waals surface area contributed by atoms with Gasteiger partial charge in [0.2, 0.25) is 5.91 Å². The minimum atomic E-state index is -0.479. The highest BCUT2D eigenvalue weighted by molar-refractivity contribution is 5.90. The Bertz CT molecular complexity index is 853. The molecule has 10 nitrogen and oxygen atoms in total. The molecule has 31 heavy (non-hydrogen) atoms. The van der Waals surface area contributed by atoms with Crippen molar-refractivity contribution in [1.29, 1.82) is 0 Å². The number of ether oxygens (including phenoxy) is 1. The summed E-state index contributed by atoms with van der Waals surface area (Å²) in [5.41, 5.74) is 2.01. The van der Waals surface area contributed by atoms with Gasteiger partial charge in [-0.05, 0) is 44.7 Å². The lowest BCUT2D eigenvalue weighted by molar-refractivity contribution is -0.127. The molecule has 1 saturated heterocycles. The van der Waals surface area contributed by atoms with E-state index in [1.54, 1.807) is 32.3 Å². The highest BCUT2D eigenvalue weighted by atomic mass is 16.5. The molecule has 3 heterocycles. The van der Waals surface area contributed by atoms with E-state index in [0.717, 1.165) is 12.0 Å². The van der Waals surface area contributed by atoms with Crippen LogP contribution in [-0.2, 0) is 16.0 Å². The van der Waals surface area contributed by atoms with E-state index >= 15 is 0 Å². The predicted molar refractivity (Wildman–Crippen MR) is 112 cm³/mol. The van der Waals surface area contributed by atoms with Crippen molar-refractivity contribution in [2.75, 3.05) is 18.5 Å². The normalized spacial score (nSPS) is 20.8. The Labute approximate surface area is 180 Å². The molecule has 0 bridgehead atoms. The van der Waals surface area contributed by atoms with Crippen molar-refractivity contribution in [2.24, 2.45) is 0 Å². The van der Waals surface area contributed by atoms with Crippen LogP contribution in [0.25, 0.3) is 0 Å². The van der Waals surface area contributed by atoms with Crippen LogP contribution in [-0.4, -0.2) is 58.6 Å². The number of hydrogen-bond donors (Lipinski definition) is 4. The quantitative estimate of drug-likeness (QED) is 0.496. The molecular formula is C21H29N5O5. The van der Waals surface area contributed by atoms with Gasteiger partial charge in [-0.1, -0.05) is 11.2 Å². The van der Waals surface area contributed by atoms with Crippen molar-refractivity contribution in [3.8, 4) is 0 Å². The van der Waals surface area contributed by atoms with Crippen molar-refractivity contribution < 1.29 is 24.0 Å². The standard InChI is InChI=1S/C21H29N5O5/c1-13-20(14(2)31-26-13)25-21(29)23-9-7-16-5-6-17(18(12-27)30-16)24-19(28)10-15-4-3-8-22-11-15/h3-4,8,11,16-18,27H,5-7,9-10,12H2,1-2H3,(H,24,28)(H2,23,25,29)/t16-,17-,18-/m0/s1. The van der Waals surface area contributed by atoms with E-state index in [2.05, 4.69) is 26.1 Å². The lowest BCUT2D eigenvalue weighted by atomic mass is 9.97. The van der Waals surface area contributed by atoms with E-state index in [4.69, 9.17) is 9.26 Å². The summed E-state index contributed by atoms with van der Waals surface area (Å²) in [6.45, 7) is 3.71. The van der Waals surface area contributed by atoms with Gasteiger partial charge in [0.25, 0.3) is 0 Å². The topological polar surface area (TPSA) is 139 Å². The van der Waals surface area contributed by atoms with Gasteiger partial charge in [-0.15, -0.1) is 0 Å². The molecule has 1 aliphatic heterocycles. The average molecular weight is 431 g/mol. The van der Waals surface area contributed by atoms with Crippen molar-refractivity contribution >= 4 is 17.6 Å². The van der Waals surface area contributed by atoms with Crippen LogP contribution in [0.15, 0.2) is 29.0 Å². The number of aromatic nitrogens is 2. The number of carbonyl (C=O) groups is 2. The van der Waals surface area contributed by atoms with Crippen LogP contribution >= 0.6 is 0 Å². The number of aliphatic hydroxyl groups is 1. The largest absolute Gasteiger partial charge is 0.394 e. The van der Waals surface area contributed by atoms with Crippen molar-refractivity contribution in [1.82, 2.24) is 20.8 Å². The highest BCUT2D eigenvalue weighted by Crippen LogP contribution is 2.22. The van der Waals surface area contributed by atoms with Crippen LogP contribution in [0.2, 0.25) is 0 Å². The third-order valence-corrected chi connectivity index (χ3v) is 5.25. The van der Waals surface area contributed by atoms with Gasteiger partial charge >= 0.3 is 6.03 Å². The number of anilines is 1. The Kier molecular flexibility index (Phi) is 7.96. The summed E-state index contributed by atoms with van der Waals surface area (Å²) in [5.74, 6) is 0.418. The maximum absolute atomic E-state index is 12.3. The molecule has 1 aliphatic rings. The Morgan fingerprint density at radius 3 is 2.81 bits per heavy atom. The molecule has 0 aliphatic carbocycles. The van der Waals surface area contributed by atoms with Gasteiger partial charge < -0.3 is 30.3 Å². The van der Waals surface area contributed by atoms with Gasteiger partial charge in [0.05, 0.1) is 25.2 Å². The molecule has 0 unspecified atom stereocenters. The summed E-state index contributed by atoms with van der Waals surface area (Å²) in [5, 5.41) is 22.0. The third kappa shape index (κ3) is 6.50. The van der Waals surface area contributed by atoms with Crippen molar-refractivity contribution in [3.63, 3.8) is 0 Å². The number of aryl methyl sites for hydroxylation is 2. The fraction of sp³-hybridized carbons (Fsp3) is 0.524. The first-order valence-electron chi connectivity index (χ1n) is 10.4. The first-order valence-corrected chi connectivity index (χ1v) is 10.4. The zero-order valence-electron chi connectivity index (χ0n) is 17.8. The third-order valence-electron chi connectivity index (χ3n) is 5.25. The minimum absolute atomic E-state index is 0.108. The molecule has 1 fully saturated rings. The fourth-order valence-corrected chi connectivity index (χ4v) is 3.62. The number of urea groups is 1. The number of amides is 3. The summed E-state index contributed by atoms with van der Waals surface area (Å²) >= 11 is 0. The lowest BCUT2D eigenvalue weighted by Crippen LogP contribution is -2.51. The van der Waals surface area contributed by atoms with E-state index < -0.39 is 6.10 Å². The van der Waals surface area contributed by atoms with Gasteiger partial charge in [-0.3, -0.25) is 9.78 Å². The molecule has 0 radical (unpaired) electrons. The number of rotatable bonds is 8. The van der Waals surface area contributed by atoms with Crippen LogP contribution in [0.5, 0.6) is 0 Å². The zero-order chi connectivity index (χ0) is 22.2. The lowest BCUT2D eigenvalue weighted by Gasteiger charge is -2.36. The van der Waals surface area contributed by atoms with Crippen LogP contribution in [0.3, 0.4) is 0 Å². The molecule has 0 aromatic carbocycles. The zero-order valence-corrected chi connectivity index (χ0v) is 17.8. The first-order chi connectivity index (χ1) is 15.0. The Morgan fingerprint density at radius 2 is 2.13 bits per heavy atom. The van der Waals surface area contributed by atoms with Crippen LogP contribution in [0, 0.1) is 13.8 Å². The highest BCUT2D eigenvalue weighted by Gasteiger charge is 2.31. The number of nitrogens with zero attached hydrogens (tertiary/aromatic N) is 2. The summed E-state index contributed by atoms with van der Waals surface area (Å²) in [6.07, 6.45) is 4.98. The SMILES string of the molecule is Cc1noc(C)c1NC(=O)NCC[C@@H]1CC[C@H](NC(=O)Cc2cccnc2)[C@H](CO)O1. The summed E-state index contributed by atoms with van der Waals surface area (Å²) in [7, 11) is 0. The first kappa shape index (κ1) is 22.7. The molecule has 2 aromatic heterocycles. The molecule has 4 N–H and O–H groups in total. The maximum Gasteiger partial charge on any atom is 0.319 e. The van der Waals surface area contributed by atoms with Crippen LogP contribution in [0.4, 0.5) is 10.5 Å². The Morgan fingerprint density at radius 1 is 1.29 bits per heavy atom. The number of aliphatic hydroxyl groups excluding tert-OH is 1. The second-order valence-corrected chi connectivity index (χ2v) is 7.64. The van der Waals surface area contributed by atoms with Gasteiger partial charge in [0.15, 0.2) is 5.76 Å². The smallest absolute Gasteiger partial charge is 0.319 e. The van der Waals surface area contributed by atoms with E-state index in [1.807, 2.05) is 6.07 Å². The Balaban J connectivity index is 1.40. The molecule has 168 valence electrons. The van der Waals surface area contributed by atoms with Gasteiger partial charge in [-0.25, -0.2) is 4.79 Å². The summed E-state index contributed by atoms with van der Waals surface area (Å²) in [4.78, 5) is 28.4. The maximum atomic E-state index is 12.3. The van der Waals surface area contributed by atoms with Crippen molar-refractivity contribution in [2.45, 2.75) is 57.8 Å². The van der Waals surface area contributed by atoms with Crippen LogP contribution < -0.4 is 16.0 Å². The monoisotopic (exact) mass is 431 g/mol. The van der Waals surface area contributed by atoms with Crippen LogP contribution in [0.1, 0.15) is 36.3 Å². The number of nitrogens with one attached hydrogen (secondary N) is 3. The minimum Gasteiger partial charge on any atom is -0.394 e. The average Bonchev–Trinajstić information content (AvgIpc) is 3.07. The summed E-state index contributed by atoms with van der Waals surface area (Å²) < 4.78 is 11.0. The number of hydrogen-bond acceptors (Lipinski definition) is 7. The Hall–Kier alpha value is -2.98. The number of pyridine rings is 1. The second-order valence-electron chi connectivity index (χ2n) is 7.64. The molecular weight excluding hydrogens is 402 g/mol. The van der Waals surface area contributed by atoms with E-state index in [9.17, 15) is 14.7 Å².